The number of imidazole rings is 1. The third-order valence-electron chi connectivity index (χ3n) is 2.52. The lowest BCUT2D eigenvalue weighted by molar-refractivity contribution is 0.0520. The molecule has 0 aliphatic rings. The SMILES string of the molecule is CCOC(=O)c1cn2cc(C#C[Si](C)(C)C)ccc2n1. The minimum Gasteiger partial charge on any atom is -0.461 e. The number of esters is 1. The zero-order valence-electron chi connectivity index (χ0n) is 12.2. The van der Waals surface area contributed by atoms with Gasteiger partial charge in [0.2, 0.25) is 0 Å². The van der Waals surface area contributed by atoms with Gasteiger partial charge in [0.05, 0.1) is 6.61 Å². The highest BCUT2D eigenvalue weighted by Crippen LogP contribution is 2.09. The van der Waals surface area contributed by atoms with Crippen molar-refractivity contribution in [2.45, 2.75) is 26.6 Å². The number of ether oxygens (including phenoxy) is 1. The molecule has 0 unspecified atom stereocenters. The Morgan fingerprint density at radius 3 is 2.75 bits per heavy atom. The van der Waals surface area contributed by atoms with Gasteiger partial charge in [-0.2, -0.15) is 0 Å². The lowest BCUT2D eigenvalue weighted by atomic mass is 10.3. The Balaban J connectivity index is 2.34. The van der Waals surface area contributed by atoms with E-state index < -0.39 is 14.0 Å². The van der Waals surface area contributed by atoms with Gasteiger partial charge in [-0.25, -0.2) is 9.78 Å². The molecule has 5 heteroatoms. The van der Waals surface area contributed by atoms with Gasteiger partial charge in [-0.15, -0.1) is 5.54 Å². The molecule has 0 atom stereocenters. The topological polar surface area (TPSA) is 43.6 Å². The maximum Gasteiger partial charge on any atom is 0.358 e. The molecular weight excluding hydrogens is 268 g/mol. The van der Waals surface area contributed by atoms with Crippen molar-refractivity contribution in [3.63, 3.8) is 0 Å². The first kappa shape index (κ1) is 14.3. The quantitative estimate of drug-likeness (QED) is 0.484. The van der Waals surface area contributed by atoms with Crippen molar-refractivity contribution in [1.29, 1.82) is 0 Å². The van der Waals surface area contributed by atoms with Crippen LogP contribution in [0.5, 0.6) is 0 Å². The first-order valence-electron chi connectivity index (χ1n) is 6.58. The van der Waals surface area contributed by atoms with Gasteiger partial charge in [-0.05, 0) is 19.1 Å². The van der Waals surface area contributed by atoms with Crippen molar-refractivity contribution in [2.24, 2.45) is 0 Å². The number of carbonyl (C=O) groups excluding carboxylic acids is 1. The standard InChI is InChI=1S/C15H18N2O2Si/c1-5-19-15(18)13-11-17-10-12(6-7-14(17)16-13)8-9-20(2,3)4/h6-7,10-11H,5H2,1-4H3. The molecule has 0 aromatic carbocycles. The minimum atomic E-state index is -1.39. The average molecular weight is 286 g/mol. The predicted octanol–water partition coefficient (Wildman–Crippen LogP) is 2.74. The van der Waals surface area contributed by atoms with Gasteiger partial charge in [0.15, 0.2) is 5.69 Å². The summed E-state index contributed by atoms with van der Waals surface area (Å²) in [6.45, 7) is 8.73. The minimum absolute atomic E-state index is 0.321. The lowest BCUT2D eigenvalue weighted by Crippen LogP contribution is -2.16. The highest BCUT2D eigenvalue weighted by atomic mass is 28.3. The van der Waals surface area contributed by atoms with Gasteiger partial charge in [-0.1, -0.05) is 25.6 Å². The second kappa shape index (κ2) is 5.51. The molecule has 2 aromatic heterocycles. The third-order valence-corrected chi connectivity index (χ3v) is 3.39. The molecule has 0 saturated heterocycles. The number of hydrogen-bond donors (Lipinski definition) is 0. The molecule has 0 saturated carbocycles. The van der Waals surface area contributed by atoms with Gasteiger partial charge in [-0.3, -0.25) is 0 Å². The molecule has 2 heterocycles. The summed E-state index contributed by atoms with van der Waals surface area (Å²) >= 11 is 0. The molecule has 0 spiro atoms. The fourth-order valence-electron chi connectivity index (χ4n) is 1.63. The summed E-state index contributed by atoms with van der Waals surface area (Å²) in [7, 11) is -1.39. The smallest absolute Gasteiger partial charge is 0.358 e. The van der Waals surface area contributed by atoms with E-state index >= 15 is 0 Å². The summed E-state index contributed by atoms with van der Waals surface area (Å²) < 4.78 is 6.75. The van der Waals surface area contributed by atoms with E-state index in [-0.39, 0.29) is 0 Å². The number of hydrogen-bond acceptors (Lipinski definition) is 3. The molecule has 0 amide bonds. The summed E-state index contributed by atoms with van der Waals surface area (Å²) in [6.07, 6.45) is 3.56. The first-order chi connectivity index (χ1) is 9.39. The van der Waals surface area contributed by atoms with Crippen molar-refractivity contribution in [2.75, 3.05) is 6.61 Å². The molecule has 4 nitrogen and oxygen atoms in total. The first-order valence-corrected chi connectivity index (χ1v) is 10.1. The largest absolute Gasteiger partial charge is 0.461 e. The zero-order valence-corrected chi connectivity index (χ0v) is 13.2. The molecule has 0 aliphatic heterocycles. The number of carbonyl (C=O) groups is 1. The normalized spacial score (nSPS) is 11.0. The third kappa shape index (κ3) is 3.49. The summed E-state index contributed by atoms with van der Waals surface area (Å²) in [4.78, 5) is 15.9. The van der Waals surface area contributed by atoms with E-state index in [1.54, 1.807) is 17.5 Å². The van der Waals surface area contributed by atoms with Crippen molar-refractivity contribution >= 4 is 19.7 Å². The van der Waals surface area contributed by atoms with Gasteiger partial charge in [0.1, 0.15) is 13.7 Å². The van der Waals surface area contributed by atoms with Crippen LogP contribution in [0.1, 0.15) is 23.0 Å². The maximum absolute atomic E-state index is 11.6. The molecule has 0 radical (unpaired) electrons. The molecule has 0 aliphatic carbocycles. The number of aromatic nitrogens is 2. The van der Waals surface area contributed by atoms with E-state index in [1.807, 2.05) is 18.3 Å². The number of nitrogens with zero attached hydrogens (tertiary/aromatic N) is 2. The van der Waals surface area contributed by atoms with Crippen molar-refractivity contribution in [1.82, 2.24) is 9.38 Å². The Bertz CT molecular complexity index is 702. The highest BCUT2D eigenvalue weighted by Gasteiger charge is 2.11. The van der Waals surface area contributed by atoms with Crippen LogP contribution in [0.25, 0.3) is 5.65 Å². The van der Waals surface area contributed by atoms with E-state index in [0.29, 0.717) is 17.9 Å². The Morgan fingerprint density at radius 2 is 2.10 bits per heavy atom. The van der Waals surface area contributed by atoms with Crippen molar-refractivity contribution < 1.29 is 9.53 Å². The van der Waals surface area contributed by atoms with Gasteiger partial charge in [0.25, 0.3) is 0 Å². The average Bonchev–Trinajstić information content (AvgIpc) is 2.78. The maximum atomic E-state index is 11.6. The Hall–Kier alpha value is -2.06. The van der Waals surface area contributed by atoms with Crippen molar-refractivity contribution in [3.05, 3.63) is 35.8 Å². The second-order valence-corrected chi connectivity index (χ2v) is 10.3. The van der Waals surface area contributed by atoms with E-state index in [9.17, 15) is 4.79 Å². The predicted molar refractivity (Wildman–Crippen MR) is 81.4 cm³/mol. The van der Waals surface area contributed by atoms with Crippen LogP contribution in [0, 0.1) is 11.5 Å². The number of rotatable bonds is 2. The van der Waals surface area contributed by atoms with Crippen LogP contribution < -0.4 is 0 Å². The van der Waals surface area contributed by atoms with Crippen LogP contribution in [0.3, 0.4) is 0 Å². The van der Waals surface area contributed by atoms with Crippen LogP contribution >= 0.6 is 0 Å². The van der Waals surface area contributed by atoms with E-state index in [2.05, 4.69) is 36.1 Å². The summed E-state index contributed by atoms with van der Waals surface area (Å²) in [6, 6.07) is 3.78. The van der Waals surface area contributed by atoms with Gasteiger partial charge >= 0.3 is 5.97 Å². The number of fused-ring (bicyclic) bond motifs is 1. The fourth-order valence-corrected chi connectivity index (χ4v) is 2.15. The Morgan fingerprint density at radius 1 is 1.35 bits per heavy atom. The fraction of sp³-hybridized carbons (Fsp3) is 0.333. The lowest BCUT2D eigenvalue weighted by Gasteiger charge is -2.03. The molecule has 0 fully saturated rings. The zero-order chi connectivity index (χ0) is 14.8. The van der Waals surface area contributed by atoms with Crippen LogP contribution in [-0.2, 0) is 4.74 Å². The molecular formula is C15H18N2O2Si. The van der Waals surface area contributed by atoms with E-state index in [0.717, 1.165) is 5.56 Å². The summed E-state index contributed by atoms with van der Waals surface area (Å²) in [5.74, 6) is 2.79. The van der Waals surface area contributed by atoms with Crippen LogP contribution in [0.15, 0.2) is 24.5 Å². The molecule has 2 aromatic rings. The molecule has 2 rings (SSSR count). The molecule has 20 heavy (non-hydrogen) atoms. The van der Waals surface area contributed by atoms with Crippen molar-refractivity contribution in [3.8, 4) is 11.5 Å². The van der Waals surface area contributed by atoms with E-state index in [4.69, 9.17) is 4.74 Å². The molecule has 104 valence electrons. The highest BCUT2D eigenvalue weighted by molar-refractivity contribution is 6.83. The van der Waals surface area contributed by atoms with Crippen LogP contribution in [0.2, 0.25) is 19.6 Å². The molecule has 0 bridgehead atoms. The molecule has 0 N–H and O–H groups in total. The van der Waals surface area contributed by atoms with Crippen LogP contribution in [0.4, 0.5) is 0 Å². The summed E-state index contributed by atoms with van der Waals surface area (Å²) in [5.41, 5.74) is 5.28. The van der Waals surface area contributed by atoms with E-state index in [1.165, 1.54) is 0 Å². The van der Waals surface area contributed by atoms with Gasteiger partial charge in [0, 0.05) is 18.0 Å². The number of pyridine rings is 1. The summed E-state index contributed by atoms with van der Waals surface area (Å²) in [5, 5.41) is 0. The monoisotopic (exact) mass is 286 g/mol. The van der Waals surface area contributed by atoms with Crippen LogP contribution in [-0.4, -0.2) is 30.0 Å². The Labute approximate surface area is 119 Å². The second-order valence-electron chi connectivity index (χ2n) is 5.53. The van der Waals surface area contributed by atoms with Gasteiger partial charge < -0.3 is 9.14 Å². The Kier molecular flexibility index (Phi) is 3.95.